The van der Waals surface area contributed by atoms with Gasteiger partial charge in [0.2, 0.25) is 0 Å². The molecule has 140 valence electrons. The van der Waals surface area contributed by atoms with Crippen molar-refractivity contribution in [3.05, 3.63) is 59.7 Å². The molecule has 2 aromatic carbocycles. The van der Waals surface area contributed by atoms with E-state index in [0.717, 1.165) is 17.0 Å². The van der Waals surface area contributed by atoms with Crippen molar-refractivity contribution in [2.75, 3.05) is 33.1 Å². The molecule has 0 aliphatic rings. The first-order valence-corrected chi connectivity index (χ1v) is 8.88. The molecule has 2 aromatic rings. The van der Waals surface area contributed by atoms with E-state index in [2.05, 4.69) is 47.3 Å². The molecular formula is C21H30N4O. The number of ether oxygens (including phenoxy) is 1. The number of guanidine groups is 1. The highest BCUT2D eigenvalue weighted by Gasteiger charge is 2.14. The molecule has 0 saturated carbocycles. The zero-order valence-electron chi connectivity index (χ0n) is 16.4. The number of nitrogens with one attached hydrogen (secondary N) is 1. The Morgan fingerprint density at radius 2 is 1.81 bits per heavy atom. The number of benzene rings is 2. The van der Waals surface area contributed by atoms with E-state index in [1.807, 2.05) is 44.4 Å². The van der Waals surface area contributed by atoms with E-state index < -0.39 is 0 Å². The molecule has 26 heavy (non-hydrogen) atoms. The Labute approximate surface area is 156 Å². The lowest BCUT2D eigenvalue weighted by Gasteiger charge is -2.23. The Kier molecular flexibility index (Phi) is 7.04. The first-order chi connectivity index (χ1) is 12.4. The summed E-state index contributed by atoms with van der Waals surface area (Å²) < 4.78 is 5.33. The van der Waals surface area contributed by atoms with Crippen LogP contribution in [0.5, 0.6) is 5.75 Å². The Bertz CT molecular complexity index is 740. The smallest absolute Gasteiger partial charge is 0.193 e. The third-order valence-corrected chi connectivity index (χ3v) is 4.36. The molecule has 0 saturated heterocycles. The van der Waals surface area contributed by atoms with Crippen LogP contribution in [-0.4, -0.2) is 38.6 Å². The molecule has 2 rings (SSSR count). The van der Waals surface area contributed by atoms with Crippen molar-refractivity contribution in [2.45, 2.75) is 25.8 Å². The van der Waals surface area contributed by atoms with Crippen molar-refractivity contribution in [3.8, 4) is 5.75 Å². The third kappa shape index (κ3) is 5.49. The van der Waals surface area contributed by atoms with Crippen LogP contribution in [-0.2, 0) is 0 Å². The summed E-state index contributed by atoms with van der Waals surface area (Å²) in [7, 11) is 5.75. The largest absolute Gasteiger partial charge is 0.497 e. The van der Waals surface area contributed by atoms with Gasteiger partial charge in [-0.1, -0.05) is 38.1 Å². The SMILES string of the molecule is COc1cccc(C(CN=C(N)Nc2cccc(C(C)C)c2)N(C)C)c1. The number of hydrogen-bond acceptors (Lipinski definition) is 3. The molecule has 0 radical (unpaired) electrons. The van der Waals surface area contributed by atoms with E-state index in [1.54, 1.807) is 7.11 Å². The maximum absolute atomic E-state index is 6.11. The fraction of sp³-hybridized carbons (Fsp3) is 0.381. The summed E-state index contributed by atoms with van der Waals surface area (Å²) in [6.07, 6.45) is 0. The summed E-state index contributed by atoms with van der Waals surface area (Å²) in [6, 6.07) is 16.4. The van der Waals surface area contributed by atoms with E-state index >= 15 is 0 Å². The van der Waals surface area contributed by atoms with Crippen LogP contribution in [0.4, 0.5) is 5.69 Å². The topological polar surface area (TPSA) is 62.9 Å². The number of aliphatic imine (C=N–C) groups is 1. The predicted octanol–water partition coefficient (Wildman–Crippen LogP) is 3.85. The molecule has 0 aliphatic heterocycles. The van der Waals surface area contributed by atoms with Gasteiger partial charge in [0.05, 0.1) is 19.7 Å². The van der Waals surface area contributed by atoms with Crippen LogP contribution < -0.4 is 15.8 Å². The average molecular weight is 354 g/mol. The van der Waals surface area contributed by atoms with Crippen molar-refractivity contribution >= 4 is 11.6 Å². The number of anilines is 1. The van der Waals surface area contributed by atoms with Crippen LogP contribution in [0.2, 0.25) is 0 Å². The van der Waals surface area contributed by atoms with E-state index in [9.17, 15) is 0 Å². The molecule has 1 unspecified atom stereocenters. The second-order valence-electron chi connectivity index (χ2n) is 6.89. The van der Waals surface area contributed by atoms with Crippen molar-refractivity contribution in [1.29, 1.82) is 0 Å². The Morgan fingerprint density at radius 1 is 1.12 bits per heavy atom. The fourth-order valence-corrected chi connectivity index (χ4v) is 2.76. The second-order valence-corrected chi connectivity index (χ2v) is 6.89. The molecule has 5 nitrogen and oxygen atoms in total. The number of rotatable bonds is 7. The molecule has 0 amide bonds. The fourth-order valence-electron chi connectivity index (χ4n) is 2.76. The van der Waals surface area contributed by atoms with Gasteiger partial charge in [-0.2, -0.15) is 0 Å². The maximum Gasteiger partial charge on any atom is 0.193 e. The number of nitrogens with two attached hydrogens (primary N) is 1. The van der Waals surface area contributed by atoms with Crippen LogP contribution in [0.3, 0.4) is 0 Å². The maximum atomic E-state index is 6.11. The number of hydrogen-bond donors (Lipinski definition) is 2. The summed E-state index contributed by atoms with van der Waals surface area (Å²) >= 11 is 0. The van der Waals surface area contributed by atoms with Crippen LogP contribution in [0.1, 0.15) is 36.9 Å². The molecule has 0 aliphatic carbocycles. The van der Waals surface area contributed by atoms with Gasteiger partial charge >= 0.3 is 0 Å². The van der Waals surface area contributed by atoms with E-state index in [0.29, 0.717) is 18.4 Å². The van der Waals surface area contributed by atoms with Crippen LogP contribution in [0.15, 0.2) is 53.5 Å². The van der Waals surface area contributed by atoms with Gasteiger partial charge in [-0.25, -0.2) is 0 Å². The van der Waals surface area contributed by atoms with Gasteiger partial charge in [-0.15, -0.1) is 0 Å². The third-order valence-electron chi connectivity index (χ3n) is 4.36. The van der Waals surface area contributed by atoms with Gasteiger partial charge < -0.3 is 20.7 Å². The lowest BCUT2D eigenvalue weighted by molar-refractivity contribution is 0.305. The molecule has 0 spiro atoms. The average Bonchev–Trinajstić information content (AvgIpc) is 2.62. The molecular weight excluding hydrogens is 324 g/mol. The second kappa shape index (κ2) is 9.25. The minimum atomic E-state index is 0.118. The highest BCUT2D eigenvalue weighted by molar-refractivity contribution is 5.92. The summed E-state index contributed by atoms with van der Waals surface area (Å²) in [6.45, 7) is 4.90. The summed E-state index contributed by atoms with van der Waals surface area (Å²) in [5, 5.41) is 3.19. The van der Waals surface area contributed by atoms with Crippen LogP contribution in [0.25, 0.3) is 0 Å². The predicted molar refractivity (Wildman–Crippen MR) is 110 cm³/mol. The van der Waals surface area contributed by atoms with Gasteiger partial charge in [-0.3, -0.25) is 4.99 Å². The quantitative estimate of drug-likeness (QED) is 0.586. The summed E-state index contributed by atoms with van der Waals surface area (Å²) in [5.74, 6) is 1.73. The van der Waals surface area contributed by atoms with Crippen LogP contribution >= 0.6 is 0 Å². The van der Waals surface area contributed by atoms with Crippen molar-refractivity contribution < 1.29 is 4.74 Å². The minimum Gasteiger partial charge on any atom is -0.497 e. The molecule has 0 heterocycles. The van der Waals surface area contributed by atoms with Gasteiger partial charge in [0.25, 0.3) is 0 Å². The summed E-state index contributed by atoms with van der Waals surface area (Å²) in [5.41, 5.74) is 9.48. The first kappa shape index (κ1) is 19.8. The van der Waals surface area contributed by atoms with E-state index in [-0.39, 0.29) is 6.04 Å². The van der Waals surface area contributed by atoms with Gasteiger partial charge in [0.15, 0.2) is 5.96 Å². The molecule has 1 atom stereocenters. The zero-order valence-corrected chi connectivity index (χ0v) is 16.4. The Morgan fingerprint density at radius 3 is 2.46 bits per heavy atom. The van der Waals surface area contributed by atoms with Gasteiger partial charge in [0.1, 0.15) is 5.75 Å². The highest BCUT2D eigenvalue weighted by atomic mass is 16.5. The standard InChI is InChI=1S/C21H30N4O/c1-15(2)16-8-6-10-18(12-16)24-21(22)23-14-20(25(3)4)17-9-7-11-19(13-17)26-5/h6-13,15,20H,14H2,1-5H3,(H3,22,23,24). The van der Waals surface area contributed by atoms with Crippen molar-refractivity contribution in [2.24, 2.45) is 10.7 Å². The normalized spacial score (nSPS) is 13.1. The first-order valence-electron chi connectivity index (χ1n) is 8.88. The van der Waals surface area contributed by atoms with Crippen LogP contribution in [0, 0.1) is 0 Å². The van der Waals surface area contributed by atoms with E-state index in [4.69, 9.17) is 10.5 Å². The molecule has 0 aromatic heterocycles. The number of methoxy groups -OCH3 is 1. The van der Waals surface area contributed by atoms with Crippen molar-refractivity contribution in [3.63, 3.8) is 0 Å². The number of nitrogens with zero attached hydrogens (tertiary/aromatic N) is 2. The minimum absolute atomic E-state index is 0.118. The Balaban J connectivity index is 2.10. The van der Waals surface area contributed by atoms with Crippen molar-refractivity contribution in [1.82, 2.24) is 4.90 Å². The molecule has 0 bridgehead atoms. The highest BCUT2D eigenvalue weighted by Crippen LogP contribution is 2.23. The lowest BCUT2D eigenvalue weighted by Crippen LogP contribution is -2.27. The number of likely N-dealkylation sites (N-methyl/N-ethyl adjacent to an activating group) is 1. The van der Waals surface area contributed by atoms with E-state index in [1.165, 1.54) is 5.56 Å². The molecule has 3 N–H and O–H groups in total. The zero-order chi connectivity index (χ0) is 19.1. The summed E-state index contributed by atoms with van der Waals surface area (Å²) in [4.78, 5) is 6.68. The molecule has 0 fully saturated rings. The molecule has 5 heteroatoms. The Hall–Kier alpha value is -2.53. The van der Waals surface area contributed by atoms with Gasteiger partial charge in [-0.05, 0) is 55.4 Å². The lowest BCUT2D eigenvalue weighted by atomic mass is 10.0. The monoisotopic (exact) mass is 354 g/mol. The van der Waals surface area contributed by atoms with Gasteiger partial charge in [0, 0.05) is 5.69 Å².